The highest BCUT2D eigenvalue weighted by molar-refractivity contribution is 7.80. The summed E-state index contributed by atoms with van der Waals surface area (Å²) in [6.45, 7) is 4.96. The molecule has 0 saturated carbocycles. The van der Waals surface area contributed by atoms with Crippen LogP contribution in [0.15, 0.2) is 12.5 Å². The summed E-state index contributed by atoms with van der Waals surface area (Å²) in [5, 5.41) is 10.4. The second kappa shape index (κ2) is 5.16. The Morgan fingerprint density at radius 3 is 2.73 bits per heavy atom. The van der Waals surface area contributed by atoms with Crippen molar-refractivity contribution in [3.8, 4) is 0 Å². The minimum atomic E-state index is -0.485. The third kappa shape index (κ3) is 3.23. The summed E-state index contributed by atoms with van der Waals surface area (Å²) >= 11 is 4.27. The molecule has 6 heteroatoms. The SMILES string of the molecule is CC(C)C(CS)Cn1cnc([N+](=O)[O-])c1. The van der Waals surface area contributed by atoms with Gasteiger partial charge in [0.05, 0.1) is 0 Å². The molecule has 0 bridgehead atoms. The topological polar surface area (TPSA) is 61.0 Å². The van der Waals surface area contributed by atoms with Crippen LogP contribution in [0.3, 0.4) is 0 Å². The quantitative estimate of drug-likeness (QED) is 0.477. The highest BCUT2D eigenvalue weighted by Crippen LogP contribution is 2.16. The highest BCUT2D eigenvalue weighted by atomic mass is 32.1. The number of aromatic nitrogens is 2. The molecule has 1 unspecified atom stereocenters. The Balaban J connectivity index is 2.67. The fourth-order valence-electron chi connectivity index (χ4n) is 1.29. The van der Waals surface area contributed by atoms with Crippen molar-refractivity contribution < 1.29 is 4.92 Å². The maximum atomic E-state index is 10.4. The number of hydrogen-bond acceptors (Lipinski definition) is 4. The lowest BCUT2D eigenvalue weighted by molar-refractivity contribution is -0.389. The van der Waals surface area contributed by atoms with Crippen LogP contribution in [0.2, 0.25) is 0 Å². The van der Waals surface area contributed by atoms with Gasteiger partial charge in [0.2, 0.25) is 6.33 Å². The summed E-state index contributed by atoms with van der Waals surface area (Å²) in [7, 11) is 0. The molecule has 0 saturated heterocycles. The van der Waals surface area contributed by atoms with E-state index in [1.54, 1.807) is 4.57 Å². The van der Waals surface area contributed by atoms with Gasteiger partial charge < -0.3 is 14.7 Å². The molecule has 5 nitrogen and oxygen atoms in total. The van der Waals surface area contributed by atoms with Gasteiger partial charge in [-0.1, -0.05) is 13.8 Å². The molecule has 1 rings (SSSR count). The molecule has 1 aromatic heterocycles. The molecule has 1 heterocycles. The zero-order chi connectivity index (χ0) is 11.4. The summed E-state index contributed by atoms with van der Waals surface area (Å²) in [6.07, 6.45) is 2.95. The predicted octanol–water partition coefficient (Wildman–Crippen LogP) is 1.99. The summed E-state index contributed by atoms with van der Waals surface area (Å²) in [6, 6.07) is 0. The first kappa shape index (κ1) is 12.0. The number of nitro groups is 1. The lowest BCUT2D eigenvalue weighted by Crippen LogP contribution is -2.17. The van der Waals surface area contributed by atoms with Gasteiger partial charge in [0.1, 0.15) is 6.20 Å². The first-order chi connectivity index (χ1) is 7.04. The van der Waals surface area contributed by atoms with Crippen molar-refractivity contribution >= 4 is 18.4 Å². The molecular weight excluding hydrogens is 214 g/mol. The minimum Gasteiger partial charge on any atom is -0.358 e. The Morgan fingerprint density at radius 1 is 1.67 bits per heavy atom. The Kier molecular flexibility index (Phi) is 4.14. The normalized spacial score (nSPS) is 13.1. The monoisotopic (exact) mass is 229 g/mol. The Bertz CT molecular complexity index is 338. The summed E-state index contributed by atoms with van der Waals surface area (Å²) < 4.78 is 1.75. The molecule has 0 aliphatic heterocycles. The van der Waals surface area contributed by atoms with Gasteiger partial charge in [-0.25, -0.2) is 0 Å². The lowest BCUT2D eigenvalue weighted by atomic mass is 9.98. The van der Waals surface area contributed by atoms with Crippen molar-refractivity contribution in [1.29, 1.82) is 0 Å². The van der Waals surface area contributed by atoms with E-state index >= 15 is 0 Å². The van der Waals surface area contributed by atoms with Crippen molar-refractivity contribution in [1.82, 2.24) is 9.55 Å². The van der Waals surface area contributed by atoms with Crippen molar-refractivity contribution in [2.75, 3.05) is 5.75 Å². The van der Waals surface area contributed by atoms with Gasteiger partial charge in [0.25, 0.3) is 0 Å². The number of rotatable bonds is 5. The average molecular weight is 229 g/mol. The van der Waals surface area contributed by atoms with Crippen LogP contribution < -0.4 is 0 Å². The molecule has 0 spiro atoms. The van der Waals surface area contributed by atoms with E-state index in [0.29, 0.717) is 11.8 Å². The summed E-state index contributed by atoms with van der Waals surface area (Å²) in [4.78, 5) is 13.6. The molecule has 84 valence electrons. The third-order valence-electron chi connectivity index (χ3n) is 2.43. The van der Waals surface area contributed by atoms with Crippen LogP contribution >= 0.6 is 12.6 Å². The summed E-state index contributed by atoms with van der Waals surface area (Å²) in [5.41, 5.74) is 0. The fraction of sp³-hybridized carbons (Fsp3) is 0.667. The first-order valence-electron chi connectivity index (χ1n) is 4.81. The zero-order valence-corrected chi connectivity index (χ0v) is 9.72. The van der Waals surface area contributed by atoms with E-state index in [1.165, 1.54) is 12.5 Å². The number of nitrogens with zero attached hydrogens (tertiary/aromatic N) is 3. The zero-order valence-electron chi connectivity index (χ0n) is 8.83. The van der Waals surface area contributed by atoms with Gasteiger partial charge in [-0.3, -0.25) is 0 Å². The molecule has 0 aliphatic rings. The molecule has 1 aromatic rings. The number of hydrogen-bond donors (Lipinski definition) is 1. The van der Waals surface area contributed by atoms with E-state index in [1.807, 2.05) is 0 Å². The lowest BCUT2D eigenvalue weighted by Gasteiger charge is -2.17. The standard InChI is InChI=1S/C9H15N3O2S/c1-7(2)8(5-15)3-11-4-9(10-6-11)12(13)14/h4,6-8,15H,3,5H2,1-2H3. The van der Waals surface area contributed by atoms with Crippen molar-refractivity contribution in [2.24, 2.45) is 11.8 Å². The maximum Gasteiger partial charge on any atom is 0.381 e. The predicted molar refractivity (Wildman–Crippen MR) is 61.1 cm³/mol. The second-order valence-electron chi connectivity index (χ2n) is 3.87. The van der Waals surface area contributed by atoms with Gasteiger partial charge in [0.15, 0.2) is 0 Å². The van der Waals surface area contributed by atoms with Gasteiger partial charge in [-0.2, -0.15) is 12.6 Å². The average Bonchev–Trinajstić information content (AvgIpc) is 2.61. The number of thiol groups is 1. The van der Waals surface area contributed by atoms with E-state index < -0.39 is 4.92 Å². The fourth-order valence-corrected chi connectivity index (χ4v) is 1.83. The smallest absolute Gasteiger partial charge is 0.358 e. The molecule has 0 radical (unpaired) electrons. The van der Waals surface area contributed by atoms with Crippen LogP contribution in [0.1, 0.15) is 13.8 Å². The molecule has 0 amide bonds. The van der Waals surface area contributed by atoms with E-state index in [2.05, 4.69) is 31.5 Å². The first-order valence-corrected chi connectivity index (χ1v) is 5.45. The van der Waals surface area contributed by atoms with E-state index in [9.17, 15) is 10.1 Å². The molecule has 1 atom stereocenters. The van der Waals surface area contributed by atoms with Crippen LogP contribution in [-0.2, 0) is 6.54 Å². The van der Waals surface area contributed by atoms with Gasteiger partial charge >= 0.3 is 5.82 Å². The third-order valence-corrected chi connectivity index (χ3v) is 2.90. The van der Waals surface area contributed by atoms with Crippen LogP contribution in [-0.4, -0.2) is 20.2 Å². The van der Waals surface area contributed by atoms with Gasteiger partial charge in [0, 0.05) is 6.54 Å². The molecule has 15 heavy (non-hydrogen) atoms. The highest BCUT2D eigenvalue weighted by Gasteiger charge is 2.15. The van der Waals surface area contributed by atoms with Crippen molar-refractivity contribution in [3.63, 3.8) is 0 Å². The minimum absolute atomic E-state index is 0.100. The Hall–Kier alpha value is -1.04. The maximum absolute atomic E-state index is 10.4. The second-order valence-corrected chi connectivity index (χ2v) is 4.24. The molecule has 0 aromatic carbocycles. The summed E-state index contributed by atoms with van der Waals surface area (Å²) in [5.74, 6) is 1.58. The largest absolute Gasteiger partial charge is 0.381 e. The number of imidazole rings is 1. The molecule has 0 N–H and O–H groups in total. The van der Waals surface area contributed by atoms with Crippen LogP contribution in [0.4, 0.5) is 5.82 Å². The molecule has 0 fully saturated rings. The van der Waals surface area contributed by atoms with E-state index in [-0.39, 0.29) is 5.82 Å². The van der Waals surface area contributed by atoms with Crippen LogP contribution in [0.25, 0.3) is 0 Å². The Morgan fingerprint density at radius 2 is 2.33 bits per heavy atom. The van der Waals surface area contributed by atoms with Crippen LogP contribution in [0, 0.1) is 22.0 Å². The van der Waals surface area contributed by atoms with Gasteiger partial charge in [-0.15, -0.1) is 0 Å². The van der Waals surface area contributed by atoms with E-state index in [4.69, 9.17) is 0 Å². The Labute approximate surface area is 94.1 Å². The van der Waals surface area contributed by atoms with Crippen molar-refractivity contribution in [2.45, 2.75) is 20.4 Å². The van der Waals surface area contributed by atoms with Gasteiger partial charge in [-0.05, 0) is 27.5 Å². The van der Waals surface area contributed by atoms with E-state index in [0.717, 1.165) is 12.3 Å². The molecular formula is C9H15N3O2S. The van der Waals surface area contributed by atoms with Crippen LogP contribution in [0.5, 0.6) is 0 Å². The molecule has 0 aliphatic carbocycles. The van der Waals surface area contributed by atoms with Crippen molar-refractivity contribution in [3.05, 3.63) is 22.6 Å².